The van der Waals surface area contributed by atoms with Gasteiger partial charge in [0, 0.05) is 36.1 Å². The predicted molar refractivity (Wildman–Crippen MR) is 141 cm³/mol. The van der Waals surface area contributed by atoms with Gasteiger partial charge >= 0.3 is 0 Å². The minimum atomic E-state index is -3.91. The number of carbonyl (C=O) groups excluding carboxylic acids is 2. The molecule has 10 heteroatoms. The van der Waals surface area contributed by atoms with Gasteiger partial charge in [-0.2, -0.15) is 4.31 Å². The first kappa shape index (κ1) is 25.8. The molecule has 0 atom stereocenters. The van der Waals surface area contributed by atoms with E-state index in [1.807, 2.05) is 12.1 Å². The van der Waals surface area contributed by atoms with E-state index in [1.54, 1.807) is 67.0 Å². The molecular weight excluding hydrogens is 521 g/mol. The van der Waals surface area contributed by atoms with Crippen molar-refractivity contribution in [2.24, 2.45) is 0 Å². The molecule has 1 aliphatic rings. The van der Waals surface area contributed by atoms with Gasteiger partial charge in [-0.05, 0) is 70.4 Å². The van der Waals surface area contributed by atoms with Crippen molar-refractivity contribution in [3.05, 3.63) is 95.8 Å². The van der Waals surface area contributed by atoms with Gasteiger partial charge in [-0.3, -0.25) is 19.5 Å². The molecule has 1 aliphatic heterocycles. The number of hydrogen-bond acceptors (Lipinski definition) is 5. The van der Waals surface area contributed by atoms with Crippen molar-refractivity contribution in [3.63, 3.8) is 0 Å². The molecule has 184 valence electrons. The standard InChI is InChI=1S/C26H20ClN3O4S.ClH/c27-23-7-5-22-16-24(8-6-21(22)15-23)35(33,34)29-13-14-30(25(31)17-29)26(32)20-3-1-18(2-4-20)19-9-11-28-12-10-19;/h1-12,15-16H,13-14,17H2;1H. The van der Waals surface area contributed by atoms with Crippen molar-refractivity contribution in [1.29, 1.82) is 0 Å². The molecule has 0 spiro atoms. The van der Waals surface area contributed by atoms with Crippen LogP contribution in [-0.4, -0.2) is 54.1 Å². The van der Waals surface area contributed by atoms with E-state index in [0.717, 1.165) is 31.1 Å². The van der Waals surface area contributed by atoms with Gasteiger partial charge in [0.15, 0.2) is 0 Å². The van der Waals surface area contributed by atoms with Crippen LogP contribution in [0.25, 0.3) is 21.9 Å². The Labute approximate surface area is 219 Å². The maximum absolute atomic E-state index is 13.2. The fraction of sp³-hybridized carbons (Fsp3) is 0.115. The summed E-state index contributed by atoms with van der Waals surface area (Å²) in [5.74, 6) is -1.01. The maximum atomic E-state index is 13.2. The number of rotatable bonds is 4. The number of sulfonamides is 1. The number of fused-ring (bicyclic) bond motifs is 1. The van der Waals surface area contributed by atoms with E-state index < -0.39 is 28.4 Å². The number of nitrogens with zero attached hydrogens (tertiary/aromatic N) is 3. The van der Waals surface area contributed by atoms with Gasteiger partial charge in [0.25, 0.3) is 5.91 Å². The van der Waals surface area contributed by atoms with Crippen molar-refractivity contribution in [3.8, 4) is 11.1 Å². The lowest BCUT2D eigenvalue weighted by Crippen LogP contribution is -2.54. The Hall–Kier alpha value is -3.30. The SMILES string of the molecule is Cl.O=C1CN(S(=O)(=O)c2ccc3cc(Cl)ccc3c2)CCN1C(=O)c1ccc(-c2ccncc2)cc1. The maximum Gasteiger partial charge on any atom is 0.260 e. The minimum Gasteiger partial charge on any atom is -0.276 e. The molecule has 0 N–H and O–H groups in total. The summed E-state index contributed by atoms with van der Waals surface area (Å²) in [6, 6.07) is 20.6. The van der Waals surface area contributed by atoms with E-state index in [9.17, 15) is 18.0 Å². The van der Waals surface area contributed by atoms with Crippen LogP contribution in [-0.2, 0) is 14.8 Å². The number of benzene rings is 3. The number of imide groups is 1. The van der Waals surface area contributed by atoms with Gasteiger partial charge in [0.1, 0.15) is 0 Å². The molecule has 1 saturated heterocycles. The van der Waals surface area contributed by atoms with Crippen molar-refractivity contribution in [2.45, 2.75) is 4.90 Å². The summed E-state index contributed by atoms with van der Waals surface area (Å²) in [7, 11) is -3.91. The zero-order valence-corrected chi connectivity index (χ0v) is 21.3. The highest BCUT2D eigenvalue weighted by Gasteiger charge is 2.35. The smallest absolute Gasteiger partial charge is 0.260 e. The van der Waals surface area contributed by atoms with Crippen LogP contribution in [0, 0.1) is 0 Å². The summed E-state index contributed by atoms with van der Waals surface area (Å²) in [6.45, 7) is -0.401. The Kier molecular flexibility index (Phi) is 7.42. The van der Waals surface area contributed by atoms with E-state index in [-0.39, 0.29) is 30.4 Å². The number of pyridine rings is 1. The van der Waals surface area contributed by atoms with E-state index in [0.29, 0.717) is 10.6 Å². The molecule has 36 heavy (non-hydrogen) atoms. The molecule has 3 aromatic carbocycles. The van der Waals surface area contributed by atoms with Gasteiger partial charge in [0.05, 0.1) is 11.4 Å². The van der Waals surface area contributed by atoms with Crippen LogP contribution < -0.4 is 0 Å². The monoisotopic (exact) mass is 541 g/mol. The molecule has 0 radical (unpaired) electrons. The quantitative estimate of drug-likeness (QED) is 0.351. The Bertz CT molecular complexity index is 1550. The molecule has 2 heterocycles. The van der Waals surface area contributed by atoms with Crippen molar-refractivity contribution in [2.75, 3.05) is 19.6 Å². The van der Waals surface area contributed by atoms with Gasteiger partial charge in [-0.25, -0.2) is 8.42 Å². The Morgan fingerprint density at radius 2 is 1.47 bits per heavy atom. The van der Waals surface area contributed by atoms with Crippen LogP contribution in [0.2, 0.25) is 5.02 Å². The number of amides is 2. The average Bonchev–Trinajstić information content (AvgIpc) is 2.88. The van der Waals surface area contributed by atoms with Gasteiger partial charge in [0.2, 0.25) is 15.9 Å². The summed E-state index contributed by atoms with van der Waals surface area (Å²) < 4.78 is 27.5. The third-order valence-corrected chi connectivity index (χ3v) is 8.06. The van der Waals surface area contributed by atoms with Gasteiger partial charge in [-0.1, -0.05) is 35.9 Å². The second kappa shape index (κ2) is 10.4. The summed E-state index contributed by atoms with van der Waals surface area (Å²) in [5.41, 5.74) is 2.25. The molecular formula is C26H21Cl2N3O4S. The largest absolute Gasteiger partial charge is 0.276 e. The Balaban J connectivity index is 0.00000304. The fourth-order valence-electron chi connectivity index (χ4n) is 4.08. The molecule has 5 rings (SSSR count). The van der Waals surface area contributed by atoms with Crippen LogP contribution in [0.3, 0.4) is 0 Å². The highest BCUT2D eigenvalue weighted by atomic mass is 35.5. The van der Waals surface area contributed by atoms with E-state index >= 15 is 0 Å². The second-order valence-electron chi connectivity index (χ2n) is 8.16. The first-order valence-electron chi connectivity index (χ1n) is 10.9. The van der Waals surface area contributed by atoms with Crippen LogP contribution in [0.5, 0.6) is 0 Å². The molecule has 2 amide bonds. The van der Waals surface area contributed by atoms with Gasteiger partial charge in [-0.15, -0.1) is 12.4 Å². The highest BCUT2D eigenvalue weighted by Crippen LogP contribution is 2.26. The van der Waals surface area contributed by atoms with Crippen LogP contribution in [0.15, 0.2) is 90.1 Å². The Morgan fingerprint density at radius 3 is 2.17 bits per heavy atom. The number of carbonyl (C=O) groups is 2. The number of hydrogen-bond donors (Lipinski definition) is 0. The van der Waals surface area contributed by atoms with E-state index in [4.69, 9.17) is 11.6 Å². The number of aromatic nitrogens is 1. The summed E-state index contributed by atoms with van der Waals surface area (Å²) in [5, 5.41) is 2.11. The van der Waals surface area contributed by atoms with Crippen LogP contribution >= 0.6 is 24.0 Å². The summed E-state index contributed by atoms with van der Waals surface area (Å²) in [6.07, 6.45) is 3.38. The fourth-order valence-corrected chi connectivity index (χ4v) is 5.68. The first-order chi connectivity index (χ1) is 16.8. The minimum absolute atomic E-state index is 0. The number of halogens is 2. The average molecular weight is 542 g/mol. The van der Waals surface area contributed by atoms with Crippen molar-refractivity contribution in [1.82, 2.24) is 14.2 Å². The third kappa shape index (κ3) is 4.99. The molecule has 1 fully saturated rings. The van der Waals surface area contributed by atoms with E-state index in [2.05, 4.69) is 4.98 Å². The first-order valence-corrected chi connectivity index (χ1v) is 12.7. The molecule has 1 aromatic heterocycles. The molecule has 4 aromatic rings. The predicted octanol–water partition coefficient (Wildman–Crippen LogP) is 4.65. The Morgan fingerprint density at radius 1 is 0.833 bits per heavy atom. The second-order valence-corrected chi connectivity index (χ2v) is 10.5. The molecule has 0 bridgehead atoms. The molecule has 0 saturated carbocycles. The number of piperazine rings is 1. The lowest BCUT2D eigenvalue weighted by atomic mass is 10.0. The zero-order valence-electron chi connectivity index (χ0n) is 18.9. The topological polar surface area (TPSA) is 87.7 Å². The lowest BCUT2D eigenvalue weighted by molar-refractivity contribution is -0.131. The molecule has 0 aliphatic carbocycles. The lowest BCUT2D eigenvalue weighted by Gasteiger charge is -2.32. The zero-order chi connectivity index (χ0) is 24.6. The summed E-state index contributed by atoms with van der Waals surface area (Å²) >= 11 is 6.01. The van der Waals surface area contributed by atoms with Crippen molar-refractivity contribution < 1.29 is 18.0 Å². The van der Waals surface area contributed by atoms with Crippen LogP contribution in [0.1, 0.15) is 10.4 Å². The molecule has 0 unspecified atom stereocenters. The molecule has 7 nitrogen and oxygen atoms in total. The summed E-state index contributed by atoms with van der Waals surface area (Å²) in [4.78, 5) is 31.0. The normalized spacial score (nSPS) is 14.5. The third-order valence-electron chi connectivity index (χ3n) is 5.99. The van der Waals surface area contributed by atoms with Crippen molar-refractivity contribution >= 4 is 56.6 Å². The highest BCUT2D eigenvalue weighted by molar-refractivity contribution is 7.89. The van der Waals surface area contributed by atoms with Crippen LogP contribution in [0.4, 0.5) is 0 Å². The van der Waals surface area contributed by atoms with E-state index in [1.165, 1.54) is 6.07 Å². The van der Waals surface area contributed by atoms with Gasteiger partial charge < -0.3 is 0 Å².